The van der Waals surface area contributed by atoms with Crippen LogP contribution in [0.4, 0.5) is 8.78 Å². The molecule has 1 rings (SSSR count). The molecule has 5 heteroatoms. The Morgan fingerprint density at radius 3 is 2.18 bits per heavy atom. The average Bonchev–Trinajstić information content (AvgIpc) is 2.21. The van der Waals surface area contributed by atoms with Gasteiger partial charge < -0.3 is 10.8 Å². The summed E-state index contributed by atoms with van der Waals surface area (Å²) in [7, 11) is 0. The van der Waals surface area contributed by atoms with E-state index in [0.29, 0.717) is 0 Å². The number of hydrogen-bond donors (Lipinski definition) is 2. The molecule has 0 saturated carbocycles. The molecular formula is C12H16ClF2NO. The highest BCUT2D eigenvalue weighted by Gasteiger charge is 2.32. The lowest BCUT2D eigenvalue weighted by Gasteiger charge is -2.31. The van der Waals surface area contributed by atoms with Crippen LogP contribution in [0.2, 0.25) is 5.02 Å². The number of halogens is 3. The molecule has 0 bridgehead atoms. The smallest absolute Gasteiger partial charge is 0.142 e. The van der Waals surface area contributed by atoms with Gasteiger partial charge in [0.1, 0.15) is 11.6 Å². The molecule has 0 fully saturated rings. The zero-order valence-electron chi connectivity index (χ0n) is 9.97. The minimum Gasteiger partial charge on any atom is -0.391 e. The predicted molar refractivity (Wildman–Crippen MR) is 63.8 cm³/mol. The molecule has 0 aliphatic heterocycles. The quantitative estimate of drug-likeness (QED) is 0.806. The van der Waals surface area contributed by atoms with Gasteiger partial charge in [-0.25, -0.2) is 8.78 Å². The number of aliphatic hydroxyl groups is 1. The van der Waals surface area contributed by atoms with Crippen LogP contribution in [0.3, 0.4) is 0 Å². The molecule has 0 aliphatic carbocycles. The van der Waals surface area contributed by atoms with E-state index in [2.05, 4.69) is 0 Å². The summed E-state index contributed by atoms with van der Waals surface area (Å²) in [6.45, 7) is 5.26. The van der Waals surface area contributed by atoms with Gasteiger partial charge in [0.25, 0.3) is 0 Å². The van der Waals surface area contributed by atoms with E-state index in [1.165, 1.54) is 0 Å². The Hall–Kier alpha value is -0.710. The molecule has 2 atom stereocenters. The normalized spacial score (nSPS) is 15.8. The second kappa shape index (κ2) is 4.88. The van der Waals surface area contributed by atoms with Gasteiger partial charge in [-0.3, -0.25) is 0 Å². The van der Waals surface area contributed by atoms with Gasteiger partial charge in [-0.2, -0.15) is 0 Å². The van der Waals surface area contributed by atoms with Crippen molar-refractivity contribution >= 4 is 11.6 Å². The molecule has 3 N–H and O–H groups in total. The van der Waals surface area contributed by atoms with Crippen molar-refractivity contribution in [2.45, 2.75) is 32.9 Å². The second-order valence-electron chi connectivity index (χ2n) is 5.09. The summed E-state index contributed by atoms with van der Waals surface area (Å²) in [6, 6.07) is 0.807. The van der Waals surface area contributed by atoms with E-state index in [4.69, 9.17) is 17.3 Å². The minimum absolute atomic E-state index is 0.186. The summed E-state index contributed by atoms with van der Waals surface area (Å²) in [4.78, 5) is 0. The number of aliphatic hydroxyl groups excluding tert-OH is 1. The van der Waals surface area contributed by atoms with Gasteiger partial charge in [0.05, 0.1) is 17.2 Å². The van der Waals surface area contributed by atoms with Crippen molar-refractivity contribution in [3.63, 3.8) is 0 Å². The molecular weight excluding hydrogens is 248 g/mol. The van der Waals surface area contributed by atoms with E-state index < -0.39 is 29.2 Å². The summed E-state index contributed by atoms with van der Waals surface area (Å²) in [5, 5.41) is 9.60. The Morgan fingerprint density at radius 2 is 1.71 bits per heavy atom. The Labute approximate surface area is 104 Å². The van der Waals surface area contributed by atoms with E-state index in [-0.39, 0.29) is 10.6 Å². The average molecular weight is 264 g/mol. The molecule has 1 aromatic rings. The molecule has 0 heterocycles. The predicted octanol–water partition coefficient (Wildman–Crippen LogP) is 3.03. The molecule has 0 radical (unpaired) electrons. The fraction of sp³-hybridized carbons (Fsp3) is 0.500. The maximum Gasteiger partial charge on any atom is 0.142 e. The van der Waals surface area contributed by atoms with Gasteiger partial charge in [0.15, 0.2) is 0 Å². The van der Waals surface area contributed by atoms with Crippen molar-refractivity contribution in [2.75, 3.05) is 0 Å². The van der Waals surface area contributed by atoms with Crippen LogP contribution >= 0.6 is 11.6 Å². The molecule has 0 saturated heterocycles. The maximum absolute atomic E-state index is 13.6. The molecule has 0 unspecified atom stereocenters. The van der Waals surface area contributed by atoms with E-state index in [1.807, 2.05) is 0 Å². The van der Waals surface area contributed by atoms with Crippen LogP contribution in [0.25, 0.3) is 0 Å². The molecule has 2 nitrogen and oxygen atoms in total. The first-order valence-corrected chi connectivity index (χ1v) is 5.61. The second-order valence-corrected chi connectivity index (χ2v) is 5.47. The standard InChI is InChI=1S/C12H16ClF2NO/c1-12(2,3)11(17)10(16)8-6(14)4-5-7(15)9(8)13/h4-5,10-11,17H,16H2,1-3H3/t10-,11-/m1/s1. The molecule has 0 aromatic heterocycles. The van der Waals surface area contributed by atoms with Crippen LogP contribution in [0.5, 0.6) is 0 Å². The van der Waals surface area contributed by atoms with Gasteiger partial charge in [-0.05, 0) is 17.5 Å². The van der Waals surface area contributed by atoms with Crippen molar-refractivity contribution in [1.29, 1.82) is 0 Å². The van der Waals surface area contributed by atoms with Crippen LogP contribution in [-0.4, -0.2) is 11.2 Å². The molecule has 1 aromatic carbocycles. The van der Waals surface area contributed by atoms with Crippen molar-refractivity contribution < 1.29 is 13.9 Å². The third-order valence-electron chi connectivity index (χ3n) is 2.64. The zero-order valence-corrected chi connectivity index (χ0v) is 10.7. The van der Waals surface area contributed by atoms with Crippen LogP contribution in [0.1, 0.15) is 32.4 Å². The lowest BCUT2D eigenvalue weighted by Crippen LogP contribution is -2.37. The summed E-state index contributed by atoms with van der Waals surface area (Å²) < 4.78 is 26.8. The fourth-order valence-electron chi connectivity index (χ4n) is 1.54. The molecule has 96 valence electrons. The number of benzene rings is 1. The fourth-order valence-corrected chi connectivity index (χ4v) is 1.82. The third kappa shape index (κ3) is 2.94. The first-order chi connectivity index (χ1) is 7.66. The zero-order chi connectivity index (χ0) is 13.4. The molecule has 17 heavy (non-hydrogen) atoms. The molecule has 0 amide bonds. The monoisotopic (exact) mass is 263 g/mol. The maximum atomic E-state index is 13.6. The summed E-state index contributed by atoms with van der Waals surface area (Å²) in [5.74, 6) is -1.47. The van der Waals surface area contributed by atoms with Crippen LogP contribution in [0.15, 0.2) is 12.1 Å². The van der Waals surface area contributed by atoms with Crippen LogP contribution in [-0.2, 0) is 0 Å². The largest absolute Gasteiger partial charge is 0.391 e. The van der Waals surface area contributed by atoms with Crippen molar-refractivity contribution in [3.05, 3.63) is 34.4 Å². The van der Waals surface area contributed by atoms with Crippen LogP contribution < -0.4 is 5.73 Å². The first kappa shape index (κ1) is 14.4. The van der Waals surface area contributed by atoms with E-state index in [1.54, 1.807) is 20.8 Å². The lowest BCUT2D eigenvalue weighted by molar-refractivity contribution is 0.0391. The molecule has 0 spiro atoms. The van der Waals surface area contributed by atoms with Gasteiger partial charge in [-0.15, -0.1) is 0 Å². The Morgan fingerprint density at radius 1 is 1.24 bits per heavy atom. The lowest BCUT2D eigenvalue weighted by atomic mass is 9.82. The number of hydrogen-bond acceptors (Lipinski definition) is 2. The third-order valence-corrected chi connectivity index (χ3v) is 3.02. The Bertz CT molecular complexity index is 418. The van der Waals surface area contributed by atoms with Gasteiger partial charge in [0, 0.05) is 5.56 Å². The van der Waals surface area contributed by atoms with Crippen molar-refractivity contribution in [2.24, 2.45) is 11.1 Å². The topological polar surface area (TPSA) is 46.2 Å². The molecule has 0 aliphatic rings. The van der Waals surface area contributed by atoms with Crippen LogP contribution in [0, 0.1) is 17.0 Å². The van der Waals surface area contributed by atoms with Crippen molar-refractivity contribution in [3.8, 4) is 0 Å². The summed E-state index contributed by atoms with van der Waals surface area (Å²) >= 11 is 5.68. The van der Waals surface area contributed by atoms with Gasteiger partial charge in [0.2, 0.25) is 0 Å². The van der Waals surface area contributed by atoms with E-state index in [9.17, 15) is 13.9 Å². The van der Waals surface area contributed by atoms with E-state index >= 15 is 0 Å². The summed E-state index contributed by atoms with van der Waals surface area (Å²) in [6.07, 6.45) is -1.03. The SMILES string of the molecule is CC(C)(C)[C@H](O)[C@H](N)c1c(F)ccc(F)c1Cl. The summed E-state index contributed by atoms with van der Waals surface area (Å²) in [5.41, 5.74) is 5.01. The van der Waals surface area contributed by atoms with Crippen molar-refractivity contribution in [1.82, 2.24) is 0 Å². The Kier molecular flexibility index (Phi) is 4.12. The van der Waals surface area contributed by atoms with E-state index in [0.717, 1.165) is 12.1 Å². The highest BCUT2D eigenvalue weighted by molar-refractivity contribution is 6.31. The van der Waals surface area contributed by atoms with Gasteiger partial charge in [-0.1, -0.05) is 32.4 Å². The van der Waals surface area contributed by atoms with Gasteiger partial charge >= 0.3 is 0 Å². The first-order valence-electron chi connectivity index (χ1n) is 5.23. The minimum atomic E-state index is -1.07. The highest BCUT2D eigenvalue weighted by atomic mass is 35.5. The highest BCUT2D eigenvalue weighted by Crippen LogP contribution is 2.34. The number of nitrogens with two attached hydrogens (primary N) is 1. The number of rotatable bonds is 2. The Balaban J connectivity index is 3.21.